The minimum Gasteiger partial charge on any atom is -0.486 e. The molecule has 9 heteroatoms. The SMILES string of the molecule is O=S(=O)(NC[C@@H](c1ccc(F)cc1)N1CCOCC1)c1ccc2c(c1)OCCO2. The van der Waals surface area contributed by atoms with Crippen molar-refractivity contribution in [3.05, 3.63) is 53.8 Å². The van der Waals surface area contributed by atoms with Gasteiger partial charge in [0.15, 0.2) is 11.5 Å². The van der Waals surface area contributed by atoms with E-state index in [4.69, 9.17) is 14.2 Å². The van der Waals surface area contributed by atoms with Crippen molar-refractivity contribution in [2.45, 2.75) is 10.9 Å². The first-order chi connectivity index (χ1) is 14.0. The third kappa shape index (κ3) is 4.69. The van der Waals surface area contributed by atoms with Crippen LogP contribution in [0.1, 0.15) is 11.6 Å². The van der Waals surface area contributed by atoms with Crippen LogP contribution < -0.4 is 14.2 Å². The summed E-state index contributed by atoms with van der Waals surface area (Å²) in [6.07, 6.45) is 0. The van der Waals surface area contributed by atoms with Crippen molar-refractivity contribution < 1.29 is 27.0 Å². The fraction of sp³-hybridized carbons (Fsp3) is 0.400. The Hall–Kier alpha value is -2.20. The highest BCUT2D eigenvalue weighted by Crippen LogP contribution is 2.32. The predicted octanol–water partition coefficient (Wildman–Crippen LogP) is 1.95. The fourth-order valence-electron chi connectivity index (χ4n) is 3.49. The van der Waals surface area contributed by atoms with E-state index in [9.17, 15) is 12.8 Å². The first-order valence-corrected chi connectivity index (χ1v) is 11.0. The van der Waals surface area contributed by atoms with Gasteiger partial charge in [0.2, 0.25) is 10.0 Å². The van der Waals surface area contributed by atoms with Crippen molar-refractivity contribution in [2.24, 2.45) is 0 Å². The molecular formula is C20H23FN2O5S. The van der Waals surface area contributed by atoms with Gasteiger partial charge in [-0.05, 0) is 29.8 Å². The average Bonchev–Trinajstić information content (AvgIpc) is 2.75. The molecule has 1 atom stereocenters. The molecule has 156 valence electrons. The van der Waals surface area contributed by atoms with Gasteiger partial charge in [0.05, 0.1) is 18.1 Å². The molecule has 0 amide bonds. The maximum absolute atomic E-state index is 13.4. The third-order valence-electron chi connectivity index (χ3n) is 5.03. The van der Waals surface area contributed by atoms with Gasteiger partial charge in [-0.2, -0.15) is 0 Å². The van der Waals surface area contributed by atoms with Crippen molar-refractivity contribution in [3.8, 4) is 11.5 Å². The first kappa shape index (κ1) is 20.1. The standard InChI is InChI=1S/C20H23FN2O5S/c21-16-3-1-15(2-4-16)18(23-7-9-26-10-8-23)14-22-29(24,25)17-5-6-19-20(13-17)28-12-11-27-19/h1-6,13,18,22H,7-12,14H2/t18-/m0/s1. The second-order valence-electron chi connectivity index (χ2n) is 6.87. The smallest absolute Gasteiger partial charge is 0.240 e. The van der Waals surface area contributed by atoms with Gasteiger partial charge in [0.25, 0.3) is 0 Å². The number of hydrogen-bond donors (Lipinski definition) is 1. The Morgan fingerprint density at radius 2 is 1.66 bits per heavy atom. The van der Waals surface area contributed by atoms with Crippen molar-refractivity contribution in [1.82, 2.24) is 9.62 Å². The molecule has 1 saturated heterocycles. The fourth-order valence-corrected chi connectivity index (χ4v) is 4.55. The van der Waals surface area contributed by atoms with Gasteiger partial charge >= 0.3 is 0 Å². The normalized spacial score (nSPS) is 18.4. The summed E-state index contributed by atoms with van der Waals surface area (Å²) in [7, 11) is -3.76. The molecule has 7 nitrogen and oxygen atoms in total. The molecule has 0 spiro atoms. The topological polar surface area (TPSA) is 77.1 Å². The zero-order valence-electron chi connectivity index (χ0n) is 15.8. The number of rotatable bonds is 6. The van der Waals surface area contributed by atoms with Crippen LogP contribution in [0, 0.1) is 5.82 Å². The highest BCUT2D eigenvalue weighted by molar-refractivity contribution is 7.89. The lowest BCUT2D eigenvalue weighted by atomic mass is 10.0. The Bertz CT molecular complexity index is 946. The number of fused-ring (bicyclic) bond motifs is 1. The van der Waals surface area contributed by atoms with E-state index < -0.39 is 10.0 Å². The van der Waals surface area contributed by atoms with E-state index in [1.165, 1.54) is 24.3 Å². The number of benzene rings is 2. The Kier molecular flexibility index (Phi) is 6.00. The Labute approximate surface area is 169 Å². The molecule has 0 aliphatic carbocycles. The highest BCUT2D eigenvalue weighted by atomic mass is 32.2. The number of hydrogen-bond acceptors (Lipinski definition) is 6. The molecule has 1 fully saturated rings. The lowest BCUT2D eigenvalue weighted by Gasteiger charge is -2.35. The van der Waals surface area contributed by atoms with Crippen molar-refractivity contribution in [3.63, 3.8) is 0 Å². The minimum atomic E-state index is -3.76. The lowest BCUT2D eigenvalue weighted by Crippen LogP contribution is -2.43. The first-order valence-electron chi connectivity index (χ1n) is 9.49. The quantitative estimate of drug-likeness (QED) is 0.767. The zero-order chi connectivity index (χ0) is 20.3. The molecule has 0 radical (unpaired) electrons. The van der Waals surface area contributed by atoms with E-state index in [1.54, 1.807) is 18.2 Å². The Morgan fingerprint density at radius 3 is 2.38 bits per heavy atom. The maximum atomic E-state index is 13.4. The number of nitrogens with one attached hydrogen (secondary N) is 1. The third-order valence-corrected chi connectivity index (χ3v) is 6.45. The van der Waals surface area contributed by atoms with Crippen LogP contribution in [0.3, 0.4) is 0 Å². The monoisotopic (exact) mass is 422 g/mol. The van der Waals surface area contributed by atoms with Crippen LogP contribution in [0.25, 0.3) is 0 Å². The molecule has 0 saturated carbocycles. The lowest BCUT2D eigenvalue weighted by molar-refractivity contribution is 0.0172. The van der Waals surface area contributed by atoms with Gasteiger partial charge in [0, 0.05) is 31.7 Å². The van der Waals surface area contributed by atoms with Crippen LogP contribution in [-0.2, 0) is 14.8 Å². The average molecular weight is 422 g/mol. The van der Waals surface area contributed by atoms with Gasteiger partial charge in [-0.1, -0.05) is 12.1 Å². The largest absolute Gasteiger partial charge is 0.486 e. The van der Waals surface area contributed by atoms with Crippen LogP contribution in [0.5, 0.6) is 11.5 Å². The number of halogens is 1. The minimum absolute atomic E-state index is 0.113. The second-order valence-corrected chi connectivity index (χ2v) is 8.64. The van der Waals surface area contributed by atoms with E-state index in [1.807, 2.05) is 0 Å². The maximum Gasteiger partial charge on any atom is 0.240 e. The summed E-state index contributed by atoms with van der Waals surface area (Å²) in [4.78, 5) is 2.25. The van der Waals surface area contributed by atoms with Crippen LogP contribution in [-0.4, -0.2) is 59.4 Å². The Morgan fingerprint density at radius 1 is 0.966 bits per heavy atom. The molecule has 1 N–H and O–H groups in total. The Balaban J connectivity index is 1.53. The molecule has 29 heavy (non-hydrogen) atoms. The van der Waals surface area contributed by atoms with Crippen molar-refractivity contribution in [2.75, 3.05) is 46.1 Å². The van der Waals surface area contributed by atoms with Gasteiger partial charge in [-0.15, -0.1) is 0 Å². The van der Waals surface area contributed by atoms with E-state index in [0.29, 0.717) is 51.0 Å². The molecular weight excluding hydrogens is 399 g/mol. The van der Waals surface area contributed by atoms with Crippen LogP contribution >= 0.6 is 0 Å². The highest BCUT2D eigenvalue weighted by Gasteiger charge is 2.26. The molecule has 2 aromatic rings. The number of sulfonamides is 1. The van der Waals surface area contributed by atoms with Crippen LogP contribution in [0.15, 0.2) is 47.4 Å². The van der Waals surface area contributed by atoms with Crippen molar-refractivity contribution in [1.29, 1.82) is 0 Å². The summed E-state index contributed by atoms with van der Waals surface area (Å²) in [6, 6.07) is 10.5. The molecule has 0 bridgehead atoms. The number of ether oxygens (including phenoxy) is 3. The summed E-state index contributed by atoms with van der Waals surface area (Å²) < 4.78 is 58.2. The second kappa shape index (κ2) is 8.66. The van der Waals surface area contributed by atoms with E-state index in [2.05, 4.69) is 9.62 Å². The van der Waals surface area contributed by atoms with Crippen LogP contribution in [0.4, 0.5) is 4.39 Å². The van der Waals surface area contributed by atoms with Gasteiger partial charge in [-0.3, -0.25) is 4.90 Å². The van der Waals surface area contributed by atoms with Crippen molar-refractivity contribution >= 4 is 10.0 Å². The molecule has 2 aliphatic rings. The summed E-state index contributed by atoms with van der Waals surface area (Å²) in [5.74, 6) is 0.626. The summed E-state index contributed by atoms with van der Waals surface area (Å²) >= 11 is 0. The number of nitrogens with zero attached hydrogens (tertiary/aromatic N) is 1. The van der Waals surface area contributed by atoms with Gasteiger partial charge in [-0.25, -0.2) is 17.5 Å². The zero-order valence-corrected chi connectivity index (χ0v) is 16.7. The van der Waals surface area contributed by atoms with E-state index in [-0.39, 0.29) is 23.3 Å². The van der Waals surface area contributed by atoms with E-state index in [0.717, 1.165) is 5.56 Å². The van der Waals surface area contributed by atoms with Crippen LogP contribution in [0.2, 0.25) is 0 Å². The summed E-state index contributed by atoms with van der Waals surface area (Å²) in [5.41, 5.74) is 0.846. The summed E-state index contributed by atoms with van der Waals surface area (Å²) in [6.45, 7) is 3.48. The molecule has 0 aromatic heterocycles. The molecule has 2 aromatic carbocycles. The summed E-state index contributed by atoms with van der Waals surface area (Å²) in [5, 5.41) is 0. The van der Waals surface area contributed by atoms with Gasteiger partial charge in [0.1, 0.15) is 19.0 Å². The van der Waals surface area contributed by atoms with E-state index >= 15 is 0 Å². The molecule has 2 heterocycles. The predicted molar refractivity (Wildman–Crippen MR) is 104 cm³/mol. The van der Waals surface area contributed by atoms with Gasteiger partial charge < -0.3 is 14.2 Å². The molecule has 0 unspecified atom stereocenters. The number of morpholine rings is 1. The molecule has 2 aliphatic heterocycles. The molecule has 4 rings (SSSR count).